The summed E-state index contributed by atoms with van der Waals surface area (Å²) in [6.07, 6.45) is 3.85. The average molecular weight is 498 g/mol. The lowest BCUT2D eigenvalue weighted by Gasteiger charge is -2.37. The number of aromatic nitrogens is 2. The molecule has 1 aliphatic rings. The number of hydrogen-bond acceptors (Lipinski definition) is 7. The van der Waals surface area contributed by atoms with Crippen molar-refractivity contribution in [2.75, 3.05) is 31.1 Å². The normalized spacial score (nSPS) is 14.5. The quantitative estimate of drug-likeness (QED) is 0.285. The number of anilines is 1. The Morgan fingerprint density at radius 1 is 1.17 bits per heavy atom. The maximum Gasteiger partial charge on any atom is 0.337 e. The highest BCUT2D eigenvalue weighted by atomic mass is 19.1. The highest BCUT2D eigenvalue weighted by molar-refractivity contribution is 5.82. The second kappa shape index (κ2) is 11.4. The number of nitrogens with one attached hydrogen (secondary N) is 1. The van der Waals surface area contributed by atoms with Gasteiger partial charge in [0.15, 0.2) is 0 Å². The molecule has 10 heteroatoms. The first-order valence-electron chi connectivity index (χ1n) is 12.5. The van der Waals surface area contributed by atoms with E-state index < -0.39 is 11.2 Å². The summed E-state index contributed by atoms with van der Waals surface area (Å²) >= 11 is 0. The van der Waals surface area contributed by atoms with E-state index in [0.29, 0.717) is 56.1 Å². The van der Waals surface area contributed by atoms with Crippen molar-refractivity contribution in [2.24, 2.45) is 5.16 Å². The van der Waals surface area contributed by atoms with Crippen molar-refractivity contribution in [1.29, 1.82) is 0 Å². The van der Waals surface area contributed by atoms with Gasteiger partial charge in [-0.25, -0.2) is 9.18 Å². The van der Waals surface area contributed by atoms with Crippen molar-refractivity contribution in [1.82, 2.24) is 14.9 Å². The van der Waals surface area contributed by atoms with Crippen LogP contribution in [0.3, 0.4) is 0 Å². The first-order chi connectivity index (χ1) is 17.4. The highest BCUT2D eigenvalue weighted by Crippen LogP contribution is 2.22. The second-order valence-corrected chi connectivity index (χ2v) is 9.02. The number of piperazine rings is 1. The highest BCUT2D eigenvalue weighted by Gasteiger charge is 2.22. The third-order valence-electron chi connectivity index (χ3n) is 6.27. The van der Waals surface area contributed by atoms with E-state index in [2.05, 4.69) is 20.0 Å². The molecule has 0 amide bonds. The number of benzene rings is 1. The van der Waals surface area contributed by atoms with Gasteiger partial charge in [-0.1, -0.05) is 31.5 Å². The zero-order valence-electron chi connectivity index (χ0n) is 21.0. The molecule has 192 valence electrons. The van der Waals surface area contributed by atoms with E-state index in [1.54, 1.807) is 6.07 Å². The number of halogens is 1. The summed E-state index contributed by atoms with van der Waals surface area (Å²) in [5, 5.41) is 4.53. The fourth-order valence-corrected chi connectivity index (χ4v) is 4.39. The summed E-state index contributed by atoms with van der Waals surface area (Å²) in [7, 11) is 0. The molecule has 2 aromatic heterocycles. The van der Waals surface area contributed by atoms with E-state index in [1.807, 2.05) is 37.8 Å². The number of H-pyrrole nitrogens is 1. The number of amidine groups is 1. The van der Waals surface area contributed by atoms with E-state index in [9.17, 15) is 14.0 Å². The molecular weight excluding hydrogens is 465 g/mol. The molecule has 36 heavy (non-hydrogen) atoms. The first kappa shape index (κ1) is 25.4. The monoisotopic (exact) mass is 497 g/mol. The van der Waals surface area contributed by atoms with E-state index in [1.165, 1.54) is 6.07 Å². The van der Waals surface area contributed by atoms with Crippen LogP contribution in [0.25, 0.3) is 11.1 Å². The van der Waals surface area contributed by atoms with Gasteiger partial charge in [-0.2, -0.15) is 4.98 Å². The summed E-state index contributed by atoms with van der Waals surface area (Å²) in [6.45, 7) is 8.51. The van der Waals surface area contributed by atoms with Crippen molar-refractivity contribution >= 4 is 22.6 Å². The molecule has 9 nitrogen and oxygen atoms in total. The third-order valence-corrected chi connectivity index (χ3v) is 6.27. The lowest BCUT2D eigenvalue weighted by Crippen LogP contribution is -2.49. The van der Waals surface area contributed by atoms with Gasteiger partial charge in [-0.15, -0.1) is 0 Å². The molecule has 0 unspecified atom stereocenters. The maximum atomic E-state index is 14.4. The third kappa shape index (κ3) is 5.75. The standard InChI is InChI=1S/C26H32FN5O4/c1-4-6-8-18-16-22(33)35-25-23(18)24(34)28-26(29-25)36-30-21(7-5-2)32-13-11-31(12-14-32)20-10-9-17(3)15-19(20)27/h9-10,15-16H,4-8,11-14H2,1-3H3,(H,28,29,34)/b30-21-. The van der Waals surface area contributed by atoms with E-state index in [4.69, 9.17) is 9.25 Å². The van der Waals surface area contributed by atoms with Crippen LogP contribution in [-0.4, -0.2) is 46.9 Å². The number of aryl methyl sites for hydroxylation is 2. The molecule has 1 N–H and O–H groups in total. The molecule has 0 radical (unpaired) electrons. The number of aromatic amines is 1. The minimum atomic E-state index is -0.560. The largest absolute Gasteiger partial charge is 0.403 e. The summed E-state index contributed by atoms with van der Waals surface area (Å²) < 4.78 is 19.6. The molecule has 0 saturated carbocycles. The van der Waals surface area contributed by atoms with Crippen LogP contribution in [0.5, 0.6) is 6.01 Å². The maximum absolute atomic E-state index is 14.4. The predicted octanol–water partition coefficient (Wildman–Crippen LogP) is 3.98. The first-order valence-corrected chi connectivity index (χ1v) is 12.5. The number of hydrogen-bond donors (Lipinski definition) is 1. The van der Waals surface area contributed by atoms with Gasteiger partial charge in [0.1, 0.15) is 17.0 Å². The summed E-state index contributed by atoms with van der Waals surface area (Å²) in [5.74, 6) is 0.493. The molecule has 3 aromatic rings. The molecule has 0 spiro atoms. The Morgan fingerprint density at radius 3 is 2.64 bits per heavy atom. The molecule has 0 atom stereocenters. The van der Waals surface area contributed by atoms with Gasteiger partial charge in [0.05, 0.1) is 5.69 Å². The van der Waals surface area contributed by atoms with Crippen LogP contribution in [0, 0.1) is 12.7 Å². The van der Waals surface area contributed by atoms with Crippen LogP contribution in [0.15, 0.2) is 43.4 Å². The Bertz CT molecular complexity index is 1360. The number of fused-ring (bicyclic) bond motifs is 1. The molecular formula is C26H32FN5O4. The summed E-state index contributed by atoms with van der Waals surface area (Å²) in [5.41, 5.74) is 1.04. The second-order valence-electron chi connectivity index (χ2n) is 9.02. The van der Waals surface area contributed by atoms with Crippen molar-refractivity contribution in [3.05, 3.63) is 62.0 Å². The molecule has 0 aliphatic carbocycles. The molecule has 1 aliphatic heterocycles. The van der Waals surface area contributed by atoms with Crippen LogP contribution >= 0.6 is 0 Å². The minimum absolute atomic E-state index is 0.0617. The SMILES string of the molecule is CCCCc1cc(=O)oc2nc(O/N=C(/CCC)N3CCN(c4ccc(C)cc4F)CC3)[nH]c(=O)c12. The van der Waals surface area contributed by atoms with Crippen molar-refractivity contribution in [3.63, 3.8) is 0 Å². The van der Waals surface area contributed by atoms with Crippen LogP contribution in [-0.2, 0) is 6.42 Å². The van der Waals surface area contributed by atoms with Gasteiger partial charge in [0.2, 0.25) is 5.71 Å². The van der Waals surface area contributed by atoms with Crippen molar-refractivity contribution < 1.29 is 13.6 Å². The van der Waals surface area contributed by atoms with Crippen molar-refractivity contribution in [3.8, 4) is 6.01 Å². The Morgan fingerprint density at radius 2 is 1.94 bits per heavy atom. The van der Waals surface area contributed by atoms with Crippen LogP contribution in [0.1, 0.15) is 50.7 Å². The van der Waals surface area contributed by atoms with Gasteiger partial charge in [0.25, 0.3) is 5.56 Å². The van der Waals surface area contributed by atoms with Crippen molar-refractivity contribution in [2.45, 2.75) is 52.9 Å². The van der Waals surface area contributed by atoms with Crippen LogP contribution in [0.4, 0.5) is 10.1 Å². The Balaban J connectivity index is 1.51. The summed E-state index contributed by atoms with van der Waals surface area (Å²) in [4.78, 5) is 41.2. The topological polar surface area (TPSA) is 104 Å². The number of oxime groups is 1. The minimum Gasteiger partial charge on any atom is -0.403 e. The van der Waals surface area contributed by atoms with Gasteiger partial charge in [-0.3, -0.25) is 9.78 Å². The Hall–Kier alpha value is -3.69. The van der Waals surface area contributed by atoms with Crippen LogP contribution in [0.2, 0.25) is 0 Å². The molecule has 1 saturated heterocycles. The van der Waals surface area contributed by atoms with E-state index in [0.717, 1.165) is 24.8 Å². The zero-order chi connectivity index (χ0) is 25.7. The molecule has 4 rings (SSSR count). The predicted molar refractivity (Wildman–Crippen MR) is 137 cm³/mol. The van der Waals surface area contributed by atoms with E-state index in [-0.39, 0.29) is 22.9 Å². The summed E-state index contributed by atoms with van der Waals surface area (Å²) in [6, 6.07) is 6.48. The van der Waals surface area contributed by atoms with Gasteiger partial charge in [-0.05, 0) is 49.4 Å². The number of rotatable bonds is 8. The molecule has 1 fully saturated rings. The zero-order valence-corrected chi connectivity index (χ0v) is 21.0. The van der Waals surface area contributed by atoms with Crippen LogP contribution < -0.4 is 20.9 Å². The fraction of sp³-hybridized carbons (Fsp3) is 0.462. The lowest BCUT2D eigenvalue weighted by molar-refractivity contribution is 0.288. The molecule has 0 bridgehead atoms. The lowest BCUT2D eigenvalue weighted by atomic mass is 10.1. The van der Waals surface area contributed by atoms with Gasteiger partial charge < -0.3 is 19.1 Å². The Labute approximate surface area is 208 Å². The van der Waals surface area contributed by atoms with E-state index >= 15 is 0 Å². The molecule has 1 aromatic carbocycles. The van der Waals surface area contributed by atoms with Gasteiger partial charge in [0, 0.05) is 38.7 Å². The number of unbranched alkanes of at least 4 members (excludes halogenated alkanes) is 1. The van der Waals surface area contributed by atoms with Gasteiger partial charge >= 0.3 is 11.6 Å². The fourth-order valence-electron chi connectivity index (χ4n) is 4.39. The smallest absolute Gasteiger partial charge is 0.337 e. The number of nitrogens with zero attached hydrogens (tertiary/aromatic N) is 4. The average Bonchev–Trinajstić information content (AvgIpc) is 2.85. The Kier molecular flexibility index (Phi) is 8.02. The molecule has 3 heterocycles.